The highest BCUT2D eigenvalue weighted by atomic mass is 15.0. The molecule has 0 aliphatic carbocycles. The predicted molar refractivity (Wildman–Crippen MR) is 256 cm³/mol. The number of hydrogen-bond acceptors (Lipinski definition) is 4. The molecule has 0 aliphatic rings. The summed E-state index contributed by atoms with van der Waals surface area (Å²) in [6.45, 7) is 0. The van der Waals surface area contributed by atoms with Gasteiger partial charge in [-0.3, -0.25) is 4.98 Å². The number of pyridine rings is 1. The van der Waals surface area contributed by atoms with E-state index in [1.54, 1.807) is 0 Å². The first-order chi connectivity index (χ1) is 30.7. The predicted octanol–water partition coefficient (Wildman–Crippen LogP) is 14.9. The van der Waals surface area contributed by atoms with E-state index in [-0.39, 0.29) is 0 Å². The zero-order chi connectivity index (χ0) is 41.2. The maximum Gasteiger partial charge on any atom is 0.164 e. The monoisotopic (exact) mass is 790 g/mol. The molecular formula is C58H38N4. The van der Waals surface area contributed by atoms with Gasteiger partial charge in [-0.15, -0.1) is 0 Å². The van der Waals surface area contributed by atoms with Gasteiger partial charge in [0.1, 0.15) is 0 Å². The fraction of sp³-hybridized carbons (Fsp3) is 0. The third-order valence-electron chi connectivity index (χ3n) is 11.6. The maximum absolute atomic E-state index is 5.09. The summed E-state index contributed by atoms with van der Waals surface area (Å²) in [6, 6.07) is 78.7. The van der Waals surface area contributed by atoms with E-state index in [1.807, 2.05) is 18.3 Å². The highest BCUT2D eigenvalue weighted by molar-refractivity contribution is 6.06. The Balaban J connectivity index is 0.907. The lowest BCUT2D eigenvalue weighted by atomic mass is 9.96. The second-order valence-electron chi connectivity index (χ2n) is 15.5. The van der Waals surface area contributed by atoms with E-state index in [0.29, 0.717) is 17.5 Å². The number of rotatable bonds is 8. The molecule has 4 nitrogen and oxygen atoms in total. The summed E-state index contributed by atoms with van der Waals surface area (Å²) in [7, 11) is 0. The van der Waals surface area contributed by atoms with E-state index >= 15 is 0 Å². The molecule has 0 atom stereocenters. The third-order valence-corrected chi connectivity index (χ3v) is 11.6. The topological polar surface area (TPSA) is 51.6 Å². The van der Waals surface area contributed by atoms with Crippen molar-refractivity contribution in [2.45, 2.75) is 0 Å². The quantitative estimate of drug-likeness (QED) is 0.144. The standard InChI is InChI=1S/C58H38N4/c1-3-11-39(12-4-1)41-25-29-45(30-26-41)56-60-57(46-31-27-42(28-32-46)40-13-5-2-6-14-40)62-58(61-56)51-19-10-17-48(36-51)44-23-21-43(22-24-44)47-16-9-18-49(35-47)50-33-34-54-53-20-8-7-15-52(53)38-59-55(54)37-50/h1-38H. The molecular weight excluding hydrogens is 753 g/mol. The normalized spacial score (nSPS) is 11.2. The molecule has 11 aromatic rings. The Bertz CT molecular complexity index is 3260. The van der Waals surface area contributed by atoms with Crippen molar-refractivity contribution in [2.75, 3.05) is 0 Å². The fourth-order valence-electron chi connectivity index (χ4n) is 8.26. The Kier molecular flexibility index (Phi) is 9.49. The lowest BCUT2D eigenvalue weighted by Gasteiger charge is -2.11. The minimum absolute atomic E-state index is 0.622. The molecule has 0 saturated carbocycles. The molecule has 0 spiro atoms. The van der Waals surface area contributed by atoms with Crippen molar-refractivity contribution in [1.29, 1.82) is 0 Å². The van der Waals surface area contributed by atoms with E-state index in [2.05, 4.69) is 212 Å². The molecule has 0 bridgehead atoms. The number of benzene rings is 9. The molecule has 0 amide bonds. The zero-order valence-corrected chi connectivity index (χ0v) is 33.7. The molecule has 62 heavy (non-hydrogen) atoms. The van der Waals surface area contributed by atoms with Crippen LogP contribution in [0.25, 0.3) is 111 Å². The van der Waals surface area contributed by atoms with Crippen molar-refractivity contribution in [3.05, 3.63) is 231 Å². The van der Waals surface area contributed by atoms with Crippen LogP contribution < -0.4 is 0 Å². The number of fused-ring (bicyclic) bond motifs is 3. The van der Waals surface area contributed by atoms with E-state index in [9.17, 15) is 0 Å². The summed E-state index contributed by atoms with van der Waals surface area (Å²) in [5, 5.41) is 3.55. The Morgan fingerprint density at radius 2 is 0.581 bits per heavy atom. The molecule has 2 aromatic heterocycles. The molecule has 0 radical (unpaired) electrons. The summed E-state index contributed by atoms with van der Waals surface area (Å²) in [6.07, 6.45) is 1.96. The maximum atomic E-state index is 5.09. The lowest BCUT2D eigenvalue weighted by molar-refractivity contribution is 1.07. The van der Waals surface area contributed by atoms with Crippen molar-refractivity contribution in [3.63, 3.8) is 0 Å². The Labute approximate surface area is 360 Å². The van der Waals surface area contributed by atoms with Crippen molar-refractivity contribution in [2.24, 2.45) is 0 Å². The molecule has 0 fully saturated rings. The van der Waals surface area contributed by atoms with E-state index in [4.69, 9.17) is 19.9 Å². The molecule has 0 aliphatic heterocycles. The summed E-state index contributed by atoms with van der Waals surface area (Å²) < 4.78 is 0. The van der Waals surface area contributed by atoms with Crippen molar-refractivity contribution >= 4 is 21.7 Å². The first-order valence-corrected chi connectivity index (χ1v) is 20.9. The van der Waals surface area contributed by atoms with Gasteiger partial charge >= 0.3 is 0 Å². The fourth-order valence-corrected chi connectivity index (χ4v) is 8.26. The molecule has 0 saturated heterocycles. The van der Waals surface area contributed by atoms with Crippen LogP contribution in [0.2, 0.25) is 0 Å². The molecule has 2 heterocycles. The van der Waals surface area contributed by atoms with Crippen molar-refractivity contribution in [3.8, 4) is 89.8 Å². The van der Waals surface area contributed by atoms with E-state index < -0.39 is 0 Å². The molecule has 11 rings (SSSR count). The first kappa shape index (κ1) is 36.7. The minimum Gasteiger partial charge on any atom is -0.256 e. The van der Waals surface area contributed by atoms with Gasteiger partial charge in [-0.1, -0.05) is 206 Å². The van der Waals surface area contributed by atoms with Gasteiger partial charge in [0.25, 0.3) is 0 Å². The summed E-state index contributed by atoms with van der Waals surface area (Å²) in [4.78, 5) is 20.0. The average molecular weight is 791 g/mol. The van der Waals surface area contributed by atoms with E-state index in [0.717, 1.165) is 72.1 Å². The van der Waals surface area contributed by atoms with Gasteiger partial charge in [0.2, 0.25) is 0 Å². The minimum atomic E-state index is 0.622. The second kappa shape index (κ2) is 16.0. The lowest BCUT2D eigenvalue weighted by Crippen LogP contribution is -2.00. The van der Waals surface area contributed by atoms with Crippen molar-refractivity contribution < 1.29 is 0 Å². The van der Waals surface area contributed by atoms with Crippen molar-refractivity contribution in [1.82, 2.24) is 19.9 Å². The van der Waals surface area contributed by atoms with Crippen LogP contribution in [0.1, 0.15) is 0 Å². The van der Waals surface area contributed by atoms with Crippen LogP contribution in [0.5, 0.6) is 0 Å². The molecule has 0 N–H and O–H groups in total. The van der Waals surface area contributed by atoms with Crippen LogP contribution in [-0.4, -0.2) is 19.9 Å². The number of hydrogen-bond donors (Lipinski definition) is 0. The Morgan fingerprint density at radius 3 is 1.13 bits per heavy atom. The molecule has 4 heteroatoms. The Morgan fingerprint density at radius 1 is 0.226 bits per heavy atom. The molecule has 9 aromatic carbocycles. The highest BCUT2D eigenvalue weighted by Gasteiger charge is 2.14. The SMILES string of the molecule is c1ccc(-c2ccc(-c3nc(-c4ccc(-c5ccccc5)cc4)nc(-c4cccc(-c5ccc(-c6cccc(-c7ccc8c(c7)ncc7ccccc78)c6)cc5)c4)n3)cc2)cc1. The van der Waals surface area contributed by atoms with Crippen LogP contribution in [0.15, 0.2) is 231 Å². The van der Waals surface area contributed by atoms with E-state index in [1.165, 1.54) is 21.9 Å². The smallest absolute Gasteiger partial charge is 0.164 e. The Hall–Kier alpha value is -8.34. The summed E-state index contributed by atoms with van der Waals surface area (Å²) >= 11 is 0. The first-order valence-electron chi connectivity index (χ1n) is 20.9. The van der Waals surface area contributed by atoms with Gasteiger partial charge in [0.05, 0.1) is 5.52 Å². The van der Waals surface area contributed by atoms with Crippen LogP contribution in [0, 0.1) is 0 Å². The van der Waals surface area contributed by atoms with Gasteiger partial charge in [-0.2, -0.15) is 0 Å². The third kappa shape index (κ3) is 7.31. The van der Waals surface area contributed by atoms with Gasteiger partial charge in [-0.05, 0) is 79.2 Å². The van der Waals surface area contributed by atoms with Crippen LogP contribution in [0.4, 0.5) is 0 Å². The van der Waals surface area contributed by atoms with Crippen LogP contribution in [-0.2, 0) is 0 Å². The van der Waals surface area contributed by atoms with Crippen LogP contribution >= 0.6 is 0 Å². The average Bonchev–Trinajstić information content (AvgIpc) is 3.37. The second-order valence-corrected chi connectivity index (χ2v) is 15.5. The number of nitrogens with zero attached hydrogens (tertiary/aromatic N) is 4. The summed E-state index contributed by atoms with van der Waals surface area (Å²) in [5.74, 6) is 1.88. The van der Waals surface area contributed by atoms with Gasteiger partial charge in [0.15, 0.2) is 17.5 Å². The van der Waals surface area contributed by atoms with Crippen LogP contribution in [0.3, 0.4) is 0 Å². The highest BCUT2D eigenvalue weighted by Crippen LogP contribution is 2.34. The largest absolute Gasteiger partial charge is 0.256 e. The number of aromatic nitrogens is 4. The zero-order valence-electron chi connectivity index (χ0n) is 33.7. The summed E-state index contributed by atoms with van der Waals surface area (Å²) in [5.41, 5.74) is 15.2. The molecule has 0 unspecified atom stereocenters. The van der Waals surface area contributed by atoms with Gasteiger partial charge < -0.3 is 0 Å². The van der Waals surface area contributed by atoms with Gasteiger partial charge in [-0.25, -0.2) is 15.0 Å². The molecule has 290 valence electrons. The van der Waals surface area contributed by atoms with Gasteiger partial charge in [0, 0.05) is 33.7 Å².